The number of hydrogen-bond donors (Lipinski definition) is 2. The summed E-state index contributed by atoms with van der Waals surface area (Å²) in [5, 5.41) is 3.31. The Morgan fingerprint density at radius 3 is 2.56 bits per heavy atom. The van der Waals surface area contributed by atoms with Crippen molar-refractivity contribution < 1.29 is 22.8 Å². The van der Waals surface area contributed by atoms with E-state index in [0.717, 1.165) is 4.90 Å². The molecule has 0 saturated carbocycles. The number of nitrogens with one attached hydrogen (secondary N) is 2. The normalized spacial score (nSPS) is 16.8. The first-order valence-corrected chi connectivity index (χ1v) is 9.66. The number of methoxy groups -OCH3 is 1. The molecule has 1 aliphatic heterocycles. The van der Waals surface area contributed by atoms with Crippen LogP contribution in [-0.4, -0.2) is 76.9 Å². The fourth-order valence-corrected chi connectivity index (χ4v) is 3.92. The molecule has 0 bridgehead atoms. The number of hydrogen-bond acceptors (Lipinski definition) is 4. The van der Waals surface area contributed by atoms with Crippen molar-refractivity contribution in [1.29, 1.82) is 0 Å². The van der Waals surface area contributed by atoms with Crippen LogP contribution in [0.3, 0.4) is 0 Å². The van der Waals surface area contributed by atoms with Gasteiger partial charge in [-0.05, 0) is 18.2 Å². The molecule has 0 spiro atoms. The van der Waals surface area contributed by atoms with Crippen LogP contribution in [0.2, 0.25) is 5.02 Å². The Kier molecular flexibility index (Phi) is 6.64. The van der Waals surface area contributed by atoms with Crippen LogP contribution in [0.5, 0.6) is 5.75 Å². The molecule has 0 aromatic heterocycles. The fraction of sp³-hybridized carbons (Fsp3) is 0.533. The topological polar surface area (TPSA) is 83.4 Å². The molecule has 0 atom stereocenters. The Labute approximate surface area is 153 Å². The van der Waals surface area contributed by atoms with Gasteiger partial charge in [-0.15, -0.1) is 0 Å². The SMILES string of the molecule is COc1ccc(Cl)cc1NC(=O)C[NH+]1CCN(S(=O)(=O)N(C)C)CC1. The van der Waals surface area contributed by atoms with Crippen molar-refractivity contribution in [1.82, 2.24) is 8.61 Å². The molecule has 1 fully saturated rings. The van der Waals surface area contributed by atoms with Crippen molar-refractivity contribution >= 4 is 33.4 Å². The molecule has 2 N–H and O–H groups in total. The van der Waals surface area contributed by atoms with Crippen molar-refractivity contribution in [3.63, 3.8) is 0 Å². The molecule has 1 aromatic rings. The number of benzene rings is 1. The van der Waals surface area contributed by atoms with E-state index in [9.17, 15) is 13.2 Å². The number of anilines is 1. The van der Waals surface area contributed by atoms with E-state index in [-0.39, 0.29) is 12.5 Å². The molecular weight excluding hydrogens is 368 g/mol. The zero-order chi connectivity index (χ0) is 18.6. The number of rotatable bonds is 6. The molecule has 1 aromatic carbocycles. The molecule has 0 unspecified atom stereocenters. The number of nitrogens with zero attached hydrogens (tertiary/aromatic N) is 2. The lowest BCUT2D eigenvalue weighted by Crippen LogP contribution is -3.15. The van der Waals surface area contributed by atoms with Crippen LogP contribution in [0.4, 0.5) is 5.69 Å². The van der Waals surface area contributed by atoms with Gasteiger partial charge in [0.15, 0.2) is 6.54 Å². The predicted octanol–water partition coefficient (Wildman–Crippen LogP) is -0.706. The second kappa shape index (κ2) is 8.33. The Bertz CT molecular complexity index is 718. The predicted molar refractivity (Wildman–Crippen MR) is 96.4 cm³/mol. The molecule has 0 aliphatic carbocycles. The van der Waals surface area contributed by atoms with E-state index in [1.54, 1.807) is 18.2 Å². The van der Waals surface area contributed by atoms with Crippen LogP contribution in [-0.2, 0) is 15.0 Å². The monoisotopic (exact) mass is 391 g/mol. The van der Waals surface area contributed by atoms with Crippen LogP contribution in [0.25, 0.3) is 0 Å². The molecule has 1 amide bonds. The van der Waals surface area contributed by atoms with Gasteiger partial charge in [0, 0.05) is 19.1 Å². The second-order valence-electron chi connectivity index (χ2n) is 6.01. The van der Waals surface area contributed by atoms with Crippen molar-refractivity contribution in [2.24, 2.45) is 0 Å². The Balaban J connectivity index is 1.90. The molecule has 140 valence electrons. The first-order chi connectivity index (χ1) is 11.7. The summed E-state index contributed by atoms with van der Waals surface area (Å²) >= 11 is 5.95. The van der Waals surface area contributed by atoms with E-state index in [2.05, 4.69) is 5.32 Å². The van der Waals surface area contributed by atoms with E-state index in [1.165, 1.54) is 29.8 Å². The molecule has 2 rings (SSSR count). The van der Waals surface area contributed by atoms with Crippen LogP contribution in [0.1, 0.15) is 0 Å². The van der Waals surface area contributed by atoms with Gasteiger partial charge >= 0.3 is 0 Å². The molecule has 0 radical (unpaired) electrons. The van der Waals surface area contributed by atoms with Crippen LogP contribution >= 0.6 is 11.6 Å². The maximum Gasteiger partial charge on any atom is 0.281 e. The average molecular weight is 392 g/mol. The Morgan fingerprint density at radius 1 is 1.36 bits per heavy atom. The highest BCUT2D eigenvalue weighted by Crippen LogP contribution is 2.27. The average Bonchev–Trinajstić information content (AvgIpc) is 2.55. The number of carbonyl (C=O) groups excluding carboxylic acids is 1. The van der Waals surface area contributed by atoms with Gasteiger partial charge in [-0.2, -0.15) is 17.0 Å². The zero-order valence-electron chi connectivity index (χ0n) is 14.6. The van der Waals surface area contributed by atoms with Crippen molar-refractivity contribution in [3.05, 3.63) is 23.2 Å². The van der Waals surface area contributed by atoms with Gasteiger partial charge in [0.1, 0.15) is 5.75 Å². The third-order valence-electron chi connectivity index (χ3n) is 4.06. The maximum atomic E-state index is 12.3. The summed E-state index contributed by atoms with van der Waals surface area (Å²) in [5.74, 6) is 0.370. The summed E-state index contributed by atoms with van der Waals surface area (Å²) in [4.78, 5) is 13.3. The molecule has 1 aliphatic rings. The largest absolute Gasteiger partial charge is 0.495 e. The van der Waals surface area contributed by atoms with Gasteiger partial charge in [-0.25, -0.2) is 0 Å². The Morgan fingerprint density at radius 2 is 2.00 bits per heavy atom. The van der Waals surface area contributed by atoms with Gasteiger partial charge < -0.3 is 15.0 Å². The van der Waals surface area contributed by atoms with Gasteiger partial charge in [0.2, 0.25) is 0 Å². The van der Waals surface area contributed by atoms with Gasteiger partial charge in [-0.1, -0.05) is 11.6 Å². The first kappa shape index (κ1) is 19.9. The summed E-state index contributed by atoms with van der Waals surface area (Å²) in [6.07, 6.45) is 0. The zero-order valence-corrected chi connectivity index (χ0v) is 16.2. The van der Waals surface area contributed by atoms with E-state index in [4.69, 9.17) is 16.3 Å². The summed E-state index contributed by atoms with van der Waals surface area (Å²) < 4.78 is 32.0. The summed E-state index contributed by atoms with van der Waals surface area (Å²) in [7, 11) is 1.16. The van der Waals surface area contributed by atoms with Crippen molar-refractivity contribution in [3.8, 4) is 5.75 Å². The lowest BCUT2D eigenvalue weighted by molar-refractivity contribution is -0.895. The summed E-state index contributed by atoms with van der Waals surface area (Å²) in [6.45, 7) is 2.19. The van der Waals surface area contributed by atoms with E-state index < -0.39 is 10.2 Å². The van der Waals surface area contributed by atoms with Gasteiger partial charge in [0.05, 0.1) is 39.0 Å². The molecule has 25 heavy (non-hydrogen) atoms. The summed E-state index contributed by atoms with van der Waals surface area (Å²) in [6, 6.07) is 5.01. The smallest absolute Gasteiger partial charge is 0.281 e. The quantitative estimate of drug-likeness (QED) is 0.671. The number of piperazine rings is 1. The molecule has 10 heteroatoms. The number of quaternary nitrogens is 1. The molecular formula is C15H24ClN4O4S+. The standard InChI is InChI=1S/C15H23ClN4O4S/c1-18(2)25(22,23)20-8-6-19(7-9-20)11-15(21)17-13-10-12(16)4-5-14(13)24-3/h4-5,10H,6-9,11H2,1-3H3,(H,17,21)/p+1. The van der Waals surface area contributed by atoms with Crippen LogP contribution in [0.15, 0.2) is 18.2 Å². The lowest BCUT2D eigenvalue weighted by Gasteiger charge is -2.32. The molecule has 8 nitrogen and oxygen atoms in total. The van der Waals surface area contributed by atoms with E-state index >= 15 is 0 Å². The highest BCUT2D eigenvalue weighted by atomic mass is 35.5. The highest BCUT2D eigenvalue weighted by molar-refractivity contribution is 7.86. The second-order valence-corrected chi connectivity index (χ2v) is 8.59. The minimum atomic E-state index is -3.39. The molecule has 1 saturated heterocycles. The molecule has 1 heterocycles. The highest BCUT2D eigenvalue weighted by Gasteiger charge is 2.31. The fourth-order valence-electron chi connectivity index (χ4n) is 2.64. The van der Waals surface area contributed by atoms with Crippen LogP contribution in [0, 0.1) is 0 Å². The van der Waals surface area contributed by atoms with Crippen molar-refractivity contribution in [2.45, 2.75) is 0 Å². The van der Waals surface area contributed by atoms with Crippen LogP contribution < -0.4 is 15.0 Å². The maximum absolute atomic E-state index is 12.3. The third kappa shape index (κ3) is 5.05. The van der Waals surface area contributed by atoms with E-state index in [0.29, 0.717) is 42.6 Å². The first-order valence-electron chi connectivity index (χ1n) is 7.88. The van der Waals surface area contributed by atoms with Gasteiger partial charge in [0.25, 0.3) is 16.1 Å². The van der Waals surface area contributed by atoms with E-state index in [1.807, 2.05) is 0 Å². The minimum Gasteiger partial charge on any atom is -0.495 e. The number of amides is 1. The minimum absolute atomic E-state index is 0.167. The summed E-state index contributed by atoms with van der Waals surface area (Å²) in [5.41, 5.74) is 0.522. The number of carbonyl (C=O) groups is 1. The number of halogens is 1. The third-order valence-corrected chi connectivity index (χ3v) is 6.24. The number of ether oxygens (including phenoxy) is 1. The van der Waals surface area contributed by atoms with Gasteiger partial charge in [-0.3, -0.25) is 4.79 Å². The lowest BCUT2D eigenvalue weighted by atomic mass is 10.3. The Hall–Kier alpha value is -1.39. The van der Waals surface area contributed by atoms with Crippen molar-refractivity contribution in [2.75, 3.05) is 59.2 Å².